The number of amides is 1. The Balaban J connectivity index is 1.33. The summed E-state index contributed by atoms with van der Waals surface area (Å²) >= 11 is 12.5. The molecule has 3 aromatic carbocycles. The lowest BCUT2D eigenvalue weighted by molar-refractivity contribution is -0.175. The zero-order valence-electron chi connectivity index (χ0n) is 21.7. The van der Waals surface area contributed by atoms with E-state index < -0.39 is 30.5 Å². The number of oxazole rings is 1. The maximum atomic E-state index is 12.5. The summed E-state index contributed by atoms with van der Waals surface area (Å²) < 4.78 is 54.8. The molecule has 0 radical (unpaired) electrons. The van der Waals surface area contributed by atoms with Crippen LogP contribution in [0.25, 0.3) is 11.5 Å². The van der Waals surface area contributed by atoms with Gasteiger partial charge in [-0.05, 0) is 41.5 Å². The Kier molecular flexibility index (Phi) is 9.97. The SMILES string of the molecule is O=C(O)[C@H](Cc1cc(Cl)c(OCCc2coc(-c3cccc(OCc4ccccc4)c3)n2)c(Cl)c1)NC(=O)C(F)(F)F. The molecule has 0 aliphatic heterocycles. The minimum absolute atomic E-state index is 0.0111. The minimum atomic E-state index is -5.23. The van der Waals surface area contributed by atoms with Gasteiger partial charge >= 0.3 is 18.1 Å². The Labute approximate surface area is 248 Å². The van der Waals surface area contributed by atoms with E-state index in [9.17, 15) is 27.9 Å². The van der Waals surface area contributed by atoms with Gasteiger partial charge in [0.1, 0.15) is 24.7 Å². The molecule has 0 saturated heterocycles. The summed E-state index contributed by atoms with van der Waals surface area (Å²) in [6.45, 7) is 0.518. The Bertz CT molecular complexity index is 1520. The maximum Gasteiger partial charge on any atom is 0.471 e. The van der Waals surface area contributed by atoms with Gasteiger partial charge in [0.15, 0.2) is 5.75 Å². The second-order valence-corrected chi connectivity index (χ2v) is 9.81. The Morgan fingerprint density at radius 3 is 2.36 bits per heavy atom. The molecule has 1 atom stereocenters. The summed E-state index contributed by atoms with van der Waals surface area (Å²) in [7, 11) is 0. The number of benzene rings is 3. The van der Waals surface area contributed by atoms with Crippen molar-refractivity contribution in [2.45, 2.75) is 31.7 Å². The monoisotopic (exact) mass is 622 g/mol. The van der Waals surface area contributed by atoms with E-state index in [2.05, 4.69) is 4.98 Å². The lowest BCUT2D eigenvalue weighted by Crippen LogP contribution is -2.47. The van der Waals surface area contributed by atoms with Gasteiger partial charge in [-0.1, -0.05) is 59.6 Å². The van der Waals surface area contributed by atoms with Gasteiger partial charge in [0.05, 0.1) is 22.3 Å². The molecule has 1 aromatic heterocycles. The molecule has 0 unspecified atom stereocenters. The Morgan fingerprint density at radius 1 is 0.976 bits per heavy atom. The highest BCUT2D eigenvalue weighted by Crippen LogP contribution is 2.35. The molecule has 8 nitrogen and oxygen atoms in total. The molecule has 1 amide bonds. The van der Waals surface area contributed by atoms with Crippen molar-refractivity contribution >= 4 is 35.1 Å². The van der Waals surface area contributed by atoms with Crippen molar-refractivity contribution in [1.29, 1.82) is 0 Å². The van der Waals surface area contributed by atoms with Gasteiger partial charge in [0.25, 0.3) is 0 Å². The van der Waals surface area contributed by atoms with Gasteiger partial charge in [-0.15, -0.1) is 0 Å². The summed E-state index contributed by atoms with van der Waals surface area (Å²) in [6, 6.07) is 17.8. The molecule has 0 aliphatic carbocycles. The average molecular weight is 623 g/mol. The number of hydrogen-bond acceptors (Lipinski definition) is 6. The number of nitrogens with zero attached hydrogens (tertiary/aromatic N) is 1. The van der Waals surface area contributed by atoms with Crippen LogP contribution in [0.15, 0.2) is 77.4 Å². The van der Waals surface area contributed by atoms with Crippen LogP contribution in [0, 0.1) is 0 Å². The molecule has 13 heteroatoms. The highest BCUT2D eigenvalue weighted by Gasteiger charge is 2.40. The fourth-order valence-corrected chi connectivity index (χ4v) is 4.46. The zero-order chi connectivity index (χ0) is 30.3. The third-order valence-corrected chi connectivity index (χ3v) is 6.41. The number of alkyl halides is 3. The summed E-state index contributed by atoms with van der Waals surface area (Å²) in [5, 5.41) is 10.7. The third-order valence-electron chi connectivity index (χ3n) is 5.84. The van der Waals surface area contributed by atoms with Crippen LogP contribution in [-0.4, -0.2) is 40.8 Å². The Morgan fingerprint density at radius 2 is 1.69 bits per heavy atom. The van der Waals surface area contributed by atoms with Crippen LogP contribution in [-0.2, 0) is 29.0 Å². The van der Waals surface area contributed by atoms with Crippen LogP contribution in [0.4, 0.5) is 13.2 Å². The van der Waals surface area contributed by atoms with Crippen molar-refractivity contribution in [2.24, 2.45) is 0 Å². The molecule has 0 saturated carbocycles. The van der Waals surface area contributed by atoms with Crippen LogP contribution < -0.4 is 14.8 Å². The van der Waals surface area contributed by atoms with Crippen molar-refractivity contribution in [3.8, 4) is 23.0 Å². The molecule has 220 valence electrons. The second kappa shape index (κ2) is 13.6. The van der Waals surface area contributed by atoms with Crippen LogP contribution in [0.2, 0.25) is 10.0 Å². The van der Waals surface area contributed by atoms with Gasteiger partial charge < -0.3 is 24.3 Å². The van der Waals surface area contributed by atoms with Crippen molar-refractivity contribution in [1.82, 2.24) is 10.3 Å². The molecule has 1 heterocycles. The number of carbonyl (C=O) groups is 2. The molecule has 0 bridgehead atoms. The number of rotatable bonds is 12. The normalized spacial score (nSPS) is 12.0. The van der Waals surface area contributed by atoms with E-state index in [0.29, 0.717) is 30.4 Å². The number of aromatic nitrogens is 1. The fourth-order valence-electron chi connectivity index (χ4n) is 3.82. The van der Waals surface area contributed by atoms with E-state index in [1.807, 2.05) is 54.6 Å². The molecule has 0 fully saturated rings. The van der Waals surface area contributed by atoms with Gasteiger partial charge in [0, 0.05) is 18.4 Å². The summed E-state index contributed by atoms with van der Waals surface area (Å²) in [4.78, 5) is 27.0. The van der Waals surface area contributed by atoms with Gasteiger partial charge in [-0.3, -0.25) is 4.79 Å². The van der Waals surface area contributed by atoms with E-state index in [1.165, 1.54) is 23.7 Å². The molecular weight excluding hydrogens is 600 g/mol. The highest BCUT2D eigenvalue weighted by molar-refractivity contribution is 6.37. The fraction of sp³-hybridized carbons (Fsp3) is 0.207. The molecule has 2 N–H and O–H groups in total. The molecular formula is C29H23Cl2F3N2O6. The van der Waals surface area contributed by atoms with Crippen LogP contribution in [0.5, 0.6) is 11.5 Å². The van der Waals surface area contributed by atoms with Crippen molar-refractivity contribution in [3.63, 3.8) is 0 Å². The van der Waals surface area contributed by atoms with Crippen molar-refractivity contribution in [2.75, 3.05) is 6.61 Å². The number of hydrogen-bond donors (Lipinski definition) is 2. The highest BCUT2D eigenvalue weighted by atomic mass is 35.5. The smallest absolute Gasteiger partial charge is 0.471 e. The van der Waals surface area contributed by atoms with Gasteiger partial charge in [-0.2, -0.15) is 13.2 Å². The molecule has 4 aromatic rings. The molecule has 4 rings (SSSR count). The maximum absolute atomic E-state index is 12.5. The zero-order valence-corrected chi connectivity index (χ0v) is 23.2. The average Bonchev–Trinajstić information content (AvgIpc) is 3.42. The third kappa shape index (κ3) is 8.40. The number of carboxylic acids is 1. The first-order valence-corrected chi connectivity index (χ1v) is 13.2. The quantitative estimate of drug-likeness (QED) is 0.185. The minimum Gasteiger partial charge on any atom is -0.490 e. The largest absolute Gasteiger partial charge is 0.490 e. The predicted octanol–water partition coefficient (Wildman–Crippen LogP) is 6.52. The van der Waals surface area contributed by atoms with Crippen molar-refractivity contribution in [3.05, 3.63) is 99.9 Å². The first-order chi connectivity index (χ1) is 20.0. The molecule has 42 heavy (non-hydrogen) atoms. The van der Waals surface area contributed by atoms with Crippen LogP contribution in [0.1, 0.15) is 16.8 Å². The van der Waals surface area contributed by atoms with Gasteiger partial charge in [0.2, 0.25) is 5.89 Å². The predicted molar refractivity (Wildman–Crippen MR) is 148 cm³/mol. The van der Waals surface area contributed by atoms with Crippen LogP contribution in [0.3, 0.4) is 0 Å². The van der Waals surface area contributed by atoms with E-state index in [4.69, 9.17) is 37.1 Å². The number of aliphatic carboxylic acids is 1. The number of ether oxygens (including phenoxy) is 2. The lowest BCUT2D eigenvalue weighted by atomic mass is 10.1. The number of nitrogens with one attached hydrogen (secondary N) is 1. The second-order valence-electron chi connectivity index (χ2n) is 9.00. The number of halogens is 5. The number of carboxylic acid groups (broad SMARTS) is 1. The number of carbonyl (C=O) groups excluding carboxylic acids is 1. The lowest BCUT2D eigenvalue weighted by Gasteiger charge is -2.17. The van der Waals surface area contributed by atoms with E-state index in [0.717, 1.165) is 11.1 Å². The molecule has 0 spiro atoms. The topological polar surface area (TPSA) is 111 Å². The van der Waals surface area contributed by atoms with Crippen LogP contribution >= 0.6 is 23.2 Å². The van der Waals surface area contributed by atoms with E-state index in [1.54, 1.807) is 0 Å². The molecule has 0 aliphatic rings. The first-order valence-electron chi connectivity index (χ1n) is 12.4. The summed E-state index contributed by atoms with van der Waals surface area (Å²) in [5.41, 5.74) is 2.54. The summed E-state index contributed by atoms with van der Waals surface area (Å²) in [6.07, 6.45) is -3.90. The first kappa shape index (κ1) is 30.7. The standard InChI is InChI=1S/C29H23Cl2F3N2O6/c30-22-11-18(13-24(27(37)38)36-28(39)29(32,33)34)12-23(31)25(22)40-10-9-20-16-42-26(35-20)19-7-4-8-21(14-19)41-15-17-5-2-1-3-6-17/h1-8,11-12,14,16,24H,9-10,13,15H2,(H,36,39)(H,37,38)/t24-/m0/s1. The van der Waals surface area contributed by atoms with E-state index in [-0.39, 0.29) is 28.0 Å². The van der Waals surface area contributed by atoms with Gasteiger partial charge in [-0.25, -0.2) is 9.78 Å². The Hall–Kier alpha value is -4.22. The summed E-state index contributed by atoms with van der Waals surface area (Å²) in [5.74, 6) is -2.88. The van der Waals surface area contributed by atoms with E-state index >= 15 is 0 Å². The van der Waals surface area contributed by atoms with Crippen molar-refractivity contribution < 1.29 is 41.8 Å².